The van der Waals surface area contributed by atoms with Crippen LogP contribution in [-0.2, 0) is 0 Å². The largest absolute Gasteiger partial charge is 0.305 e. The Morgan fingerprint density at radius 3 is 0.770 bits per heavy atom. The van der Waals surface area contributed by atoms with Crippen molar-refractivity contribution in [3.8, 4) is 90.6 Å². The summed E-state index contributed by atoms with van der Waals surface area (Å²) in [6, 6.07) is 84.7. The molecule has 5 heterocycles. The van der Waals surface area contributed by atoms with Crippen molar-refractivity contribution < 1.29 is 0 Å². The van der Waals surface area contributed by atoms with Crippen LogP contribution in [0.25, 0.3) is 145 Å². The van der Waals surface area contributed by atoms with Crippen LogP contribution in [0.5, 0.6) is 0 Å². The molecule has 0 amide bonds. The summed E-state index contributed by atoms with van der Waals surface area (Å²) >= 11 is 0. The number of hydrogen-bond acceptors (Lipinski definition) is 6. The van der Waals surface area contributed by atoms with Crippen molar-refractivity contribution in [2.45, 2.75) is 0 Å². The molecule has 0 aliphatic rings. The van der Waals surface area contributed by atoms with Crippen molar-refractivity contribution in [1.82, 2.24) is 38.7 Å². The van der Waals surface area contributed by atoms with Crippen LogP contribution in [0.15, 0.2) is 243 Å². The Kier molecular flexibility index (Phi) is 9.40. The summed E-state index contributed by atoms with van der Waals surface area (Å²) in [6.45, 7) is 0. The zero-order valence-electron chi connectivity index (χ0n) is 39.7. The highest BCUT2D eigenvalue weighted by atomic mass is 15.0. The van der Waals surface area contributed by atoms with Crippen molar-refractivity contribution in [1.29, 1.82) is 0 Å². The van der Waals surface area contributed by atoms with E-state index in [2.05, 4.69) is 130 Å². The molecule has 15 rings (SSSR count). The molecule has 8 nitrogen and oxygen atoms in total. The number of aromatic nitrogens is 8. The molecule has 0 saturated heterocycles. The summed E-state index contributed by atoms with van der Waals surface area (Å²) in [6.07, 6.45) is 0. The molecule has 0 fully saturated rings. The molecule has 0 bridgehead atoms. The highest BCUT2D eigenvalue weighted by molar-refractivity contribution is 6.26. The van der Waals surface area contributed by atoms with Gasteiger partial charge in [0, 0.05) is 54.9 Å². The Hall–Kier alpha value is -10.2. The molecular formula is C66H40N8. The highest BCUT2D eigenvalue weighted by Gasteiger charge is 2.25. The predicted molar refractivity (Wildman–Crippen MR) is 300 cm³/mol. The second-order valence-electron chi connectivity index (χ2n) is 18.6. The minimum Gasteiger partial charge on any atom is -0.305 e. The third-order valence-corrected chi connectivity index (χ3v) is 14.4. The average Bonchev–Trinajstić information content (AvgIpc) is 4.07. The summed E-state index contributed by atoms with van der Waals surface area (Å²) in [5.41, 5.74) is 17.1. The molecule has 8 heteroatoms. The van der Waals surface area contributed by atoms with E-state index in [9.17, 15) is 0 Å². The predicted octanol–water partition coefficient (Wildman–Crippen LogP) is 15.9. The molecule has 0 radical (unpaired) electrons. The van der Waals surface area contributed by atoms with Crippen molar-refractivity contribution in [2.24, 2.45) is 0 Å². The molecule has 15 aromatic rings. The fraction of sp³-hybridized carbons (Fsp3) is 0. The van der Waals surface area contributed by atoms with Crippen LogP contribution in [0, 0.1) is 0 Å². The zero-order valence-corrected chi connectivity index (χ0v) is 39.7. The van der Waals surface area contributed by atoms with E-state index in [1.54, 1.807) is 0 Å². The van der Waals surface area contributed by atoms with E-state index >= 15 is 0 Å². The van der Waals surface area contributed by atoms with Crippen LogP contribution in [0.3, 0.4) is 0 Å². The number of nitrogens with zero attached hydrogens (tertiary/aromatic N) is 8. The first-order valence-corrected chi connectivity index (χ1v) is 24.8. The van der Waals surface area contributed by atoms with Crippen LogP contribution in [0.4, 0.5) is 0 Å². The van der Waals surface area contributed by atoms with Gasteiger partial charge >= 0.3 is 0 Å². The van der Waals surface area contributed by atoms with E-state index in [0.717, 1.165) is 77.7 Å². The molecular weight excluding hydrogens is 905 g/mol. The molecule has 0 unspecified atom stereocenters. The summed E-state index contributed by atoms with van der Waals surface area (Å²) in [4.78, 5) is 29.9. The number of hydrogen-bond donors (Lipinski definition) is 0. The van der Waals surface area contributed by atoms with Crippen LogP contribution in [0.2, 0.25) is 0 Å². The topological polar surface area (TPSA) is 86.2 Å². The van der Waals surface area contributed by atoms with E-state index in [-0.39, 0.29) is 0 Å². The molecule has 344 valence electrons. The Bertz CT molecular complexity index is 4200. The van der Waals surface area contributed by atoms with Crippen LogP contribution < -0.4 is 0 Å². The fourth-order valence-corrected chi connectivity index (χ4v) is 11.0. The number of rotatable bonds is 8. The summed E-state index contributed by atoms with van der Waals surface area (Å²) < 4.78 is 4.98. The molecule has 0 spiro atoms. The summed E-state index contributed by atoms with van der Waals surface area (Å²) in [5.74, 6) is 3.82. The van der Waals surface area contributed by atoms with Gasteiger partial charge in [0.25, 0.3) is 0 Å². The maximum absolute atomic E-state index is 5.02. The van der Waals surface area contributed by atoms with Gasteiger partial charge in [-0.25, -0.2) is 29.9 Å². The fourth-order valence-electron chi connectivity index (χ4n) is 11.0. The Morgan fingerprint density at radius 1 is 0.203 bits per heavy atom. The normalized spacial score (nSPS) is 11.8. The smallest absolute Gasteiger partial charge is 0.164 e. The molecule has 10 aromatic carbocycles. The van der Waals surface area contributed by atoms with E-state index in [4.69, 9.17) is 29.9 Å². The molecule has 0 atom stereocenters. The quantitative estimate of drug-likeness (QED) is 0.141. The van der Waals surface area contributed by atoms with Crippen molar-refractivity contribution >= 4 is 54.6 Å². The third-order valence-electron chi connectivity index (χ3n) is 14.4. The van der Waals surface area contributed by atoms with Crippen LogP contribution >= 0.6 is 0 Å². The first-order chi connectivity index (χ1) is 36.7. The van der Waals surface area contributed by atoms with Gasteiger partial charge in [-0.1, -0.05) is 218 Å². The lowest BCUT2D eigenvalue weighted by molar-refractivity contribution is 1.07. The lowest BCUT2D eigenvalue weighted by Crippen LogP contribution is -2.00. The zero-order chi connectivity index (χ0) is 48.7. The minimum atomic E-state index is 0.629. The Balaban J connectivity index is 0.874. The van der Waals surface area contributed by atoms with Crippen molar-refractivity contribution in [3.05, 3.63) is 243 Å². The van der Waals surface area contributed by atoms with Gasteiger partial charge in [-0.15, -0.1) is 0 Å². The lowest BCUT2D eigenvalue weighted by atomic mass is 9.97. The minimum absolute atomic E-state index is 0.629. The lowest BCUT2D eigenvalue weighted by Gasteiger charge is -2.15. The average molecular weight is 945 g/mol. The van der Waals surface area contributed by atoms with Gasteiger partial charge in [0.15, 0.2) is 34.9 Å². The molecule has 74 heavy (non-hydrogen) atoms. The molecule has 0 aliphatic heterocycles. The number of fused-ring (bicyclic) bond motifs is 8. The van der Waals surface area contributed by atoms with E-state index in [0.29, 0.717) is 34.9 Å². The van der Waals surface area contributed by atoms with E-state index in [1.165, 1.54) is 32.6 Å². The van der Waals surface area contributed by atoms with Gasteiger partial charge in [0.2, 0.25) is 0 Å². The second kappa shape index (κ2) is 16.7. The first-order valence-electron chi connectivity index (χ1n) is 24.8. The van der Waals surface area contributed by atoms with Crippen LogP contribution in [-0.4, -0.2) is 38.7 Å². The number of para-hydroxylation sites is 2. The standard InChI is InChI=1S/C66H40N8/c1-5-17-43(18-6-1)61-67-62(44-19-7-2-8-20-44)70-65(69-61)47-33-29-41(30-34-47)49-37-39-55-59-57(49)51-25-13-15-27-53(51)73(59)56-40-38-50(58-52-26-14-16-28-54(52)74(55)60(56)58)42-31-35-48(36-32-42)66-71-63(45-21-9-3-10-22-45)68-64(72-66)46-23-11-4-12-24-46/h1-40H. The summed E-state index contributed by atoms with van der Waals surface area (Å²) in [7, 11) is 0. The van der Waals surface area contributed by atoms with Gasteiger partial charge in [0.05, 0.1) is 33.1 Å². The maximum atomic E-state index is 5.02. The maximum Gasteiger partial charge on any atom is 0.164 e. The van der Waals surface area contributed by atoms with Gasteiger partial charge in [-0.3, -0.25) is 0 Å². The van der Waals surface area contributed by atoms with Crippen molar-refractivity contribution in [2.75, 3.05) is 0 Å². The SMILES string of the molecule is c1ccc(-c2nc(-c3ccccc3)nc(-c3ccc(-c4ccc5c6c4c4ccccc4n6c4ccc(-c6ccc(-c7nc(-c8ccccc8)nc(-c8ccccc8)n7)cc6)c6c7ccccc7n5c64)cc3)n2)cc1. The Morgan fingerprint density at radius 2 is 0.459 bits per heavy atom. The third kappa shape index (κ3) is 6.62. The van der Waals surface area contributed by atoms with E-state index < -0.39 is 0 Å². The van der Waals surface area contributed by atoms with E-state index in [1.807, 2.05) is 121 Å². The molecule has 0 saturated carbocycles. The van der Waals surface area contributed by atoms with Gasteiger partial charge < -0.3 is 8.80 Å². The Labute approximate surface area is 424 Å². The van der Waals surface area contributed by atoms with Gasteiger partial charge in [0.1, 0.15) is 0 Å². The number of benzene rings is 10. The van der Waals surface area contributed by atoms with Gasteiger partial charge in [-0.05, 0) is 46.5 Å². The second-order valence-corrected chi connectivity index (χ2v) is 18.6. The molecule has 0 N–H and O–H groups in total. The van der Waals surface area contributed by atoms with Gasteiger partial charge in [-0.2, -0.15) is 0 Å². The molecule has 0 aliphatic carbocycles. The van der Waals surface area contributed by atoms with Crippen LogP contribution in [0.1, 0.15) is 0 Å². The monoisotopic (exact) mass is 944 g/mol. The highest BCUT2D eigenvalue weighted by Crippen LogP contribution is 2.46. The van der Waals surface area contributed by atoms with Crippen molar-refractivity contribution in [3.63, 3.8) is 0 Å². The first kappa shape index (κ1) is 41.6. The summed E-state index contributed by atoms with van der Waals surface area (Å²) in [5, 5.41) is 4.83. The molecule has 5 aromatic heterocycles.